The van der Waals surface area contributed by atoms with Crippen LogP contribution in [0, 0.1) is 0 Å². The number of rotatable bonds is 11. The molecule has 0 spiro atoms. The number of aliphatic hydroxyl groups is 1. The molecule has 1 aliphatic rings. The molecular weight excluding hydrogens is 492 g/mol. The Labute approximate surface area is 229 Å². The van der Waals surface area contributed by atoms with Gasteiger partial charge >= 0.3 is 0 Å². The van der Waals surface area contributed by atoms with E-state index >= 15 is 0 Å². The first-order valence-electron chi connectivity index (χ1n) is 14.2. The topological polar surface area (TPSA) is 65.7 Å². The third kappa shape index (κ3) is 7.06. The molecule has 1 aliphatic heterocycles. The summed E-state index contributed by atoms with van der Waals surface area (Å²) < 4.78 is 20.6. The normalized spacial score (nSPS) is 17.6. The molecule has 0 saturated carbocycles. The van der Waals surface area contributed by atoms with Crippen LogP contribution in [0.3, 0.4) is 0 Å². The van der Waals surface area contributed by atoms with Gasteiger partial charge in [0.2, 0.25) is 8.32 Å². The van der Waals surface area contributed by atoms with Gasteiger partial charge in [-0.2, -0.15) is 5.10 Å². The van der Waals surface area contributed by atoms with Gasteiger partial charge in [-0.1, -0.05) is 39.0 Å². The molecule has 3 aromatic rings. The molecule has 2 aromatic carbocycles. The summed E-state index contributed by atoms with van der Waals surface area (Å²) in [5, 5.41) is 15.8. The summed E-state index contributed by atoms with van der Waals surface area (Å²) in [5.41, 5.74) is 4.45. The molecule has 6 nitrogen and oxygen atoms in total. The molecule has 1 fully saturated rings. The van der Waals surface area contributed by atoms with Crippen molar-refractivity contribution in [2.45, 2.75) is 96.7 Å². The van der Waals surface area contributed by atoms with Crippen molar-refractivity contribution in [2.24, 2.45) is 0 Å². The van der Waals surface area contributed by atoms with E-state index in [1.807, 2.05) is 0 Å². The van der Waals surface area contributed by atoms with Crippen molar-refractivity contribution in [3.05, 3.63) is 48.0 Å². The highest BCUT2D eigenvalue weighted by Crippen LogP contribution is 2.40. The Kier molecular flexibility index (Phi) is 9.34. The summed E-state index contributed by atoms with van der Waals surface area (Å²) in [6.45, 7) is 15.3. The second-order valence-corrected chi connectivity index (χ2v) is 16.9. The lowest BCUT2D eigenvalue weighted by atomic mass is 10.0. The van der Waals surface area contributed by atoms with Crippen LogP contribution in [-0.4, -0.2) is 49.1 Å². The number of benzene rings is 2. The fraction of sp³-hybridized carbons (Fsp3) is 0.581. The third-order valence-corrected chi connectivity index (χ3v) is 12.3. The van der Waals surface area contributed by atoms with E-state index in [9.17, 15) is 5.11 Å². The van der Waals surface area contributed by atoms with Gasteiger partial charge in [0.15, 0.2) is 6.23 Å². The van der Waals surface area contributed by atoms with Crippen LogP contribution in [0.4, 0.5) is 0 Å². The molecule has 208 valence electrons. The highest BCUT2D eigenvalue weighted by Gasteiger charge is 2.39. The number of nitrogens with zero attached hydrogens (tertiary/aromatic N) is 2. The van der Waals surface area contributed by atoms with Crippen molar-refractivity contribution < 1.29 is 19.0 Å². The minimum atomic E-state index is -1.97. The largest absolute Gasteiger partial charge is 0.543 e. The average Bonchev–Trinajstić information content (AvgIpc) is 3.25. The van der Waals surface area contributed by atoms with E-state index in [0.717, 1.165) is 66.6 Å². The zero-order chi connectivity index (χ0) is 27.3. The van der Waals surface area contributed by atoms with Crippen molar-refractivity contribution in [1.29, 1.82) is 0 Å². The van der Waals surface area contributed by atoms with E-state index in [4.69, 9.17) is 19.0 Å². The monoisotopic (exact) mass is 538 g/mol. The number of ether oxygens (including phenoxy) is 2. The Bertz CT molecular complexity index is 1190. The van der Waals surface area contributed by atoms with Gasteiger partial charge in [-0.25, -0.2) is 4.68 Å². The molecule has 1 aromatic heterocycles. The van der Waals surface area contributed by atoms with Crippen molar-refractivity contribution in [3.8, 4) is 17.0 Å². The van der Waals surface area contributed by atoms with Crippen LogP contribution in [0.25, 0.3) is 22.2 Å². The molecule has 1 saturated heterocycles. The van der Waals surface area contributed by atoms with E-state index in [-0.39, 0.29) is 17.4 Å². The zero-order valence-corrected chi connectivity index (χ0v) is 25.1. The number of hydrogen-bond donors (Lipinski definition) is 1. The minimum absolute atomic E-state index is 0.0332. The van der Waals surface area contributed by atoms with Gasteiger partial charge in [0.1, 0.15) is 11.4 Å². The fourth-order valence-electron chi connectivity index (χ4n) is 4.59. The van der Waals surface area contributed by atoms with E-state index in [0.29, 0.717) is 19.6 Å². The maximum absolute atomic E-state index is 9.39. The Morgan fingerprint density at radius 3 is 2.66 bits per heavy atom. The molecule has 0 amide bonds. The van der Waals surface area contributed by atoms with E-state index < -0.39 is 8.32 Å². The lowest BCUT2D eigenvalue weighted by molar-refractivity contribution is -0.0365. The molecule has 4 rings (SSSR count). The van der Waals surface area contributed by atoms with Gasteiger partial charge < -0.3 is 19.0 Å². The van der Waals surface area contributed by atoms with Gasteiger partial charge in [0.25, 0.3) is 0 Å². The van der Waals surface area contributed by atoms with Crippen molar-refractivity contribution in [2.75, 3.05) is 19.8 Å². The molecular formula is C31H46N2O4Si. The van der Waals surface area contributed by atoms with Crippen LogP contribution in [0.15, 0.2) is 42.5 Å². The quantitative estimate of drug-likeness (QED) is 0.202. The van der Waals surface area contributed by atoms with Crippen molar-refractivity contribution in [3.63, 3.8) is 0 Å². The minimum Gasteiger partial charge on any atom is -0.543 e. The maximum Gasteiger partial charge on any atom is 0.250 e. The molecule has 2 heterocycles. The number of hydrogen-bond acceptors (Lipinski definition) is 5. The Hall–Kier alpha value is -2.19. The van der Waals surface area contributed by atoms with Crippen LogP contribution in [0.2, 0.25) is 18.1 Å². The van der Waals surface area contributed by atoms with Crippen LogP contribution < -0.4 is 4.43 Å². The van der Waals surface area contributed by atoms with Crippen LogP contribution in [-0.2, 0) is 15.9 Å². The van der Waals surface area contributed by atoms with Gasteiger partial charge in [0.05, 0.1) is 11.6 Å². The second kappa shape index (κ2) is 12.3. The fourth-order valence-corrected chi connectivity index (χ4v) is 5.61. The first kappa shape index (κ1) is 28.8. The first-order chi connectivity index (χ1) is 18.0. The highest BCUT2D eigenvalue weighted by molar-refractivity contribution is 6.74. The van der Waals surface area contributed by atoms with Gasteiger partial charge in [-0.3, -0.25) is 0 Å². The van der Waals surface area contributed by atoms with E-state index in [1.54, 1.807) is 6.92 Å². The van der Waals surface area contributed by atoms with Crippen LogP contribution in [0.5, 0.6) is 5.75 Å². The molecule has 1 unspecified atom stereocenters. The predicted octanol–water partition coefficient (Wildman–Crippen LogP) is 7.51. The summed E-state index contributed by atoms with van der Waals surface area (Å²) in [4.78, 5) is 0. The number of aliphatic hydroxyl groups excluding tert-OH is 1. The summed E-state index contributed by atoms with van der Waals surface area (Å²) in [5.74, 6) is 0.917. The predicted molar refractivity (Wildman–Crippen MR) is 157 cm³/mol. The standard InChI is InChI=1S/C31H46N2O4Si/c1-23(34)17-20-35-18-10-12-24-11-9-13-25(21-24)30-27-22-26(37-38(5,6)31(2,3)4)15-16-28(27)33(32-30)29-14-7-8-19-36-29/h9,11,13,15-16,21-23,29,34H,7-8,10,12,14,17-20H2,1-6H3/t23-,29?/m1/s1. The molecule has 0 radical (unpaired) electrons. The maximum atomic E-state index is 9.39. The highest BCUT2D eigenvalue weighted by atomic mass is 28.4. The summed E-state index contributed by atoms with van der Waals surface area (Å²) in [6, 6.07) is 15.1. The van der Waals surface area contributed by atoms with Gasteiger partial charge in [0, 0.05) is 30.8 Å². The number of aromatic nitrogens is 2. The molecule has 2 atom stereocenters. The molecule has 0 aliphatic carbocycles. The van der Waals surface area contributed by atoms with Gasteiger partial charge in [-0.15, -0.1) is 0 Å². The third-order valence-electron chi connectivity index (χ3n) is 7.92. The Balaban J connectivity index is 1.62. The molecule has 7 heteroatoms. The Morgan fingerprint density at radius 2 is 1.95 bits per heavy atom. The van der Waals surface area contributed by atoms with Crippen LogP contribution in [0.1, 0.15) is 71.6 Å². The SMILES string of the molecule is C[C@@H](O)CCOCCCc1cccc(-c2nn(C3CCCCO3)c3ccc(O[Si](C)(C)C(C)(C)C)cc23)c1. The van der Waals surface area contributed by atoms with E-state index in [1.165, 1.54) is 5.56 Å². The lowest BCUT2D eigenvalue weighted by Gasteiger charge is -2.36. The van der Waals surface area contributed by atoms with Crippen molar-refractivity contribution >= 4 is 19.2 Å². The summed E-state index contributed by atoms with van der Waals surface area (Å²) >= 11 is 0. The van der Waals surface area contributed by atoms with Crippen LogP contribution >= 0.6 is 0 Å². The smallest absolute Gasteiger partial charge is 0.250 e. The zero-order valence-electron chi connectivity index (χ0n) is 24.1. The van der Waals surface area contributed by atoms with Crippen molar-refractivity contribution in [1.82, 2.24) is 9.78 Å². The molecule has 1 N–H and O–H groups in total. The lowest BCUT2D eigenvalue weighted by Crippen LogP contribution is -2.43. The number of aryl methyl sites for hydroxylation is 1. The summed E-state index contributed by atoms with van der Waals surface area (Å²) in [6.07, 6.45) is 5.46. The summed E-state index contributed by atoms with van der Waals surface area (Å²) in [7, 11) is -1.97. The van der Waals surface area contributed by atoms with Gasteiger partial charge in [-0.05, 0) is 93.4 Å². The first-order valence-corrected chi connectivity index (χ1v) is 17.1. The number of fused-ring (bicyclic) bond motifs is 1. The van der Waals surface area contributed by atoms with E-state index in [2.05, 4.69) is 81.0 Å². The average molecular weight is 539 g/mol. The Morgan fingerprint density at radius 1 is 1.13 bits per heavy atom. The molecule has 0 bridgehead atoms. The molecule has 38 heavy (non-hydrogen) atoms. The second-order valence-electron chi connectivity index (χ2n) is 12.2.